The molecule has 21 heavy (non-hydrogen) atoms. The Morgan fingerprint density at radius 3 is 3.10 bits per heavy atom. The maximum atomic E-state index is 7.60. The molecule has 110 valence electrons. The molecular formula is C16H20N4S. The first-order chi connectivity index (χ1) is 10.2. The summed E-state index contributed by atoms with van der Waals surface area (Å²) in [5, 5.41) is 10.8. The maximum Gasteiger partial charge on any atom is 0.0815 e. The van der Waals surface area contributed by atoms with Crippen LogP contribution in [-0.4, -0.2) is 36.2 Å². The standard InChI is InChI=1S/C16H20N4S/c1-11(12-3-4-16-15(7-12)19-10-21-16)20-6-5-14(18-2)13(8-17)9-20/h3-4,7-8,10-11,17-18H,5-6,9H2,1-2H3. The smallest absolute Gasteiger partial charge is 0.0815 e. The fourth-order valence-corrected chi connectivity index (χ4v) is 3.56. The molecule has 2 N–H and O–H groups in total. The molecule has 2 aromatic rings. The van der Waals surface area contributed by atoms with Gasteiger partial charge in [-0.05, 0) is 24.6 Å². The van der Waals surface area contributed by atoms with E-state index in [0.29, 0.717) is 6.04 Å². The summed E-state index contributed by atoms with van der Waals surface area (Å²) < 4.78 is 1.24. The van der Waals surface area contributed by atoms with Crippen LogP contribution in [-0.2, 0) is 0 Å². The van der Waals surface area contributed by atoms with Crippen LogP contribution in [0.5, 0.6) is 0 Å². The molecule has 0 amide bonds. The van der Waals surface area contributed by atoms with Crippen LogP contribution in [0.1, 0.15) is 24.9 Å². The van der Waals surface area contributed by atoms with Gasteiger partial charge in [-0.2, -0.15) is 0 Å². The number of thiazole rings is 1. The fourth-order valence-electron chi connectivity index (χ4n) is 2.90. The van der Waals surface area contributed by atoms with Gasteiger partial charge in [0.25, 0.3) is 0 Å². The van der Waals surface area contributed by atoms with Crippen LogP contribution in [0, 0.1) is 5.41 Å². The summed E-state index contributed by atoms with van der Waals surface area (Å²) in [7, 11) is 1.94. The van der Waals surface area contributed by atoms with E-state index in [0.717, 1.165) is 30.6 Å². The molecule has 0 fully saturated rings. The Hall–Kier alpha value is -1.72. The lowest BCUT2D eigenvalue weighted by molar-refractivity contribution is 0.222. The molecular weight excluding hydrogens is 280 g/mol. The van der Waals surface area contributed by atoms with E-state index in [4.69, 9.17) is 5.41 Å². The first-order valence-corrected chi connectivity index (χ1v) is 8.08. The van der Waals surface area contributed by atoms with Gasteiger partial charge in [0.15, 0.2) is 0 Å². The van der Waals surface area contributed by atoms with Gasteiger partial charge in [-0.15, -0.1) is 11.3 Å². The quantitative estimate of drug-likeness (QED) is 0.853. The Morgan fingerprint density at radius 2 is 2.33 bits per heavy atom. The zero-order chi connectivity index (χ0) is 14.8. The minimum Gasteiger partial charge on any atom is -0.391 e. The van der Waals surface area contributed by atoms with E-state index in [-0.39, 0.29) is 0 Å². The van der Waals surface area contributed by atoms with E-state index in [1.54, 1.807) is 11.3 Å². The third kappa shape index (κ3) is 2.71. The summed E-state index contributed by atoms with van der Waals surface area (Å²) in [4.78, 5) is 6.83. The van der Waals surface area contributed by atoms with E-state index in [1.807, 2.05) is 12.6 Å². The highest BCUT2D eigenvalue weighted by molar-refractivity contribution is 7.16. The zero-order valence-electron chi connectivity index (χ0n) is 12.4. The van der Waals surface area contributed by atoms with Crippen molar-refractivity contribution in [2.24, 2.45) is 0 Å². The highest BCUT2D eigenvalue weighted by Gasteiger charge is 2.22. The van der Waals surface area contributed by atoms with Gasteiger partial charge in [0.05, 0.1) is 15.7 Å². The number of hydrogen-bond acceptors (Lipinski definition) is 5. The van der Waals surface area contributed by atoms with Crippen molar-refractivity contribution in [1.82, 2.24) is 15.2 Å². The molecule has 0 spiro atoms. The van der Waals surface area contributed by atoms with Gasteiger partial charge in [0.2, 0.25) is 0 Å². The number of fused-ring (bicyclic) bond motifs is 1. The number of nitrogens with zero attached hydrogens (tertiary/aromatic N) is 2. The largest absolute Gasteiger partial charge is 0.391 e. The van der Waals surface area contributed by atoms with Crippen molar-refractivity contribution >= 4 is 27.8 Å². The van der Waals surface area contributed by atoms with Crippen LogP contribution < -0.4 is 5.32 Å². The van der Waals surface area contributed by atoms with E-state index in [2.05, 4.69) is 40.3 Å². The summed E-state index contributed by atoms with van der Waals surface area (Å²) in [6.07, 6.45) is 2.46. The second-order valence-corrected chi connectivity index (χ2v) is 6.26. The van der Waals surface area contributed by atoms with Gasteiger partial charge in [0.1, 0.15) is 0 Å². The topological polar surface area (TPSA) is 52.0 Å². The van der Waals surface area contributed by atoms with Crippen LogP contribution in [0.15, 0.2) is 35.0 Å². The van der Waals surface area contributed by atoms with Crippen molar-refractivity contribution in [3.8, 4) is 0 Å². The second kappa shape index (κ2) is 5.95. The molecule has 1 aliphatic rings. The fraction of sp³-hybridized carbons (Fsp3) is 0.375. The molecule has 1 atom stereocenters. The predicted molar refractivity (Wildman–Crippen MR) is 89.1 cm³/mol. The third-order valence-corrected chi connectivity index (χ3v) is 5.08. The molecule has 0 radical (unpaired) electrons. The average Bonchev–Trinajstić information content (AvgIpc) is 3.00. The van der Waals surface area contributed by atoms with Gasteiger partial charge in [-0.25, -0.2) is 4.98 Å². The Bertz CT molecular complexity index is 688. The van der Waals surface area contributed by atoms with Crippen molar-refractivity contribution < 1.29 is 0 Å². The van der Waals surface area contributed by atoms with E-state index in [9.17, 15) is 0 Å². The monoisotopic (exact) mass is 300 g/mol. The van der Waals surface area contributed by atoms with Crippen LogP contribution in [0.3, 0.4) is 0 Å². The summed E-state index contributed by atoms with van der Waals surface area (Å²) >= 11 is 1.68. The van der Waals surface area contributed by atoms with Crippen molar-refractivity contribution in [3.05, 3.63) is 40.5 Å². The summed E-state index contributed by atoms with van der Waals surface area (Å²) in [6.45, 7) is 4.08. The Kier molecular flexibility index (Phi) is 4.03. The molecule has 2 heterocycles. The lowest BCUT2D eigenvalue weighted by Crippen LogP contribution is -2.36. The molecule has 0 aliphatic carbocycles. The highest BCUT2D eigenvalue weighted by Crippen LogP contribution is 2.28. The lowest BCUT2D eigenvalue weighted by Gasteiger charge is -2.34. The third-order valence-electron chi connectivity index (χ3n) is 4.27. The van der Waals surface area contributed by atoms with E-state index >= 15 is 0 Å². The van der Waals surface area contributed by atoms with Crippen LogP contribution in [0.4, 0.5) is 0 Å². The molecule has 3 rings (SSSR count). The SMILES string of the molecule is CNC1=C(C=N)CN(C(C)c2ccc3scnc3c2)CC1. The van der Waals surface area contributed by atoms with Crippen molar-refractivity contribution in [3.63, 3.8) is 0 Å². The van der Waals surface area contributed by atoms with E-state index < -0.39 is 0 Å². The zero-order valence-corrected chi connectivity index (χ0v) is 13.2. The summed E-state index contributed by atoms with van der Waals surface area (Å²) in [5.74, 6) is 0. The molecule has 1 aliphatic heterocycles. The Morgan fingerprint density at radius 1 is 1.48 bits per heavy atom. The van der Waals surface area contributed by atoms with Crippen molar-refractivity contribution in [1.29, 1.82) is 5.41 Å². The molecule has 4 nitrogen and oxygen atoms in total. The molecule has 1 aromatic carbocycles. The van der Waals surface area contributed by atoms with Gasteiger partial charge >= 0.3 is 0 Å². The highest BCUT2D eigenvalue weighted by atomic mass is 32.1. The maximum absolute atomic E-state index is 7.60. The van der Waals surface area contributed by atoms with Crippen LogP contribution in [0.2, 0.25) is 0 Å². The first kappa shape index (κ1) is 14.2. The van der Waals surface area contributed by atoms with Crippen molar-refractivity contribution in [2.75, 3.05) is 20.1 Å². The minimum absolute atomic E-state index is 0.337. The number of nitrogens with one attached hydrogen (secondary N) is 2. The number of benzene rings is 1. The van der Waals surface area contributed by atoms with Gasteiger partial charge in [-0.1, -0.05) is 6.07 Å². The summed E-state index contributed by atoms with van der Waals surface area (Å²) in [6, 6.07) is 6.89. The van der Waals surface area contributed by atoms with Gasteiger partial charge in [0, 0.05) is 50.1 Å². The van der Waals surface area contributed by atoms with Crippen molar-refractivity contribution in [2.45, 2.75) is 19.4 Å². The van der Waals surface area contributed by atoms with Gasteiger partial charge in [-0.3, -0.25) is 4.90 Å². The minimum atomic E-state index is 0.337. The summed E-state index contributed by atoms with van der Waals surface area (Å²) in [5.41, 5.74) is 6.56. The predicted octanol–water partition coefficient (Wildman–Crippen LogP) is 3.19. The molecule has 1 unspecified atom stereocenters. The first-order valence-electron chi connectivity index (χ1n) is 7.20. The normalized spacial score (nSPS) is 18.0. The number of rotatable bonds is 4. The Balaban J connectivity index is 1.83. The second-order valence-electron chi connectivity index (χ2n) is 5.37. The molecule has 0 saturated heterocycles. The number of hydrogen-bond donors (Lipinski definition) is 2. The van der Waals surface area contributed by atoms with Crippen LogP contribution in [0.25, 0.3) is 10.2 Å². The molecule has 0 saturated carbocycles. The van der Waals surface area contributed by atoms with Crippen LogP contribution >= 0.6 is 11.3 Å². The molecule has 0 bridgehead atoms. The molecule has 1 aromatic heterocycles. The van der Waals surface area contributed by atoms with Gasteiger partial charge < -0.3 is 10.7 Å². The average molecular weight is 300 g/mol. The van der Waals surface area contributed by atoms with E-state index in [1.165, 1.54) is 22.2 Å². The number of aromatic nitrogens is 1. The molecule has 5 heteroatoms. The Labute approximate surface area is 129 Å². The lowest BCUT2D eigenvalue weighted by atomic mass is 10.0.